The fourth-order valence-corrected chi connectivity index (χ4v) is 3.55. The number of carbonyl (C=O) groups is 1. The topological polar surface area (TPSA) is 105 Å². The van der Waals surface area contributed by atoms with Crippen molar-refractivity contribution in [1.82, 2.24) is 15.1 Å². The van der Waals surface area contributed by atoms with Crippen molar-refractivity contribution in [2.75, 3.05) is 11.9 Å². The molecule has 0 bridgehead atoms. The van der Waals surface area contributed by atoms with E-state index in [0.29, 0.717) is 19.4 Å². The molecule has 7 nitrogen and oxygen atoms in total. The molecule has 1 aliphatic heterocycles. The largest absolute Gasteiger partial charge is 0.465 e. The molecule has 2 unspecified atom stereocenters. The molecule has 2 aromatic rings. The first-order valence-electron chi connectivity index (χ1n) is 8.36. The Morgan fingerprint density at radius 1 is 1.52 bits per heavy atom. The average molecular weight is 341 g/mol. The van der Waals surface area contributed by atoms with Crippen LogP contribution in [0, 0.1) is 16.7 Å². The number of benzene rings is 1. The van der Waals surface area contributed by atoms with Crippen LogP contribution in [0.5, 0.6) is 0 Å². The number of hydrogen-bond acceptors (Lipinski definition) is 4. The molecule has 0 saturated carbocycles. The number of H-pyrrole nitrogens is 1. The van der Waals surface area contributed by atoms with Gasteiger partial charge in [0.2, 0.25) is 0 Å². The summed E-state index contributed by atoms with van der Waals surface area (Å²) in [6.07, 6.45) is 1.71. The molecule has 2 atom stereocenters. The van der Waals surface area contributed by atoms with E-state index in [4.69, 9.17) is 0 Å². The minimum atomic E-state index is -0.925. The third-order valence-corrected chi connectivity index (χ3v) is 4.98. The number of carboxylic acid groups (broad SMARTS) is 1. The zero-order valence-electron chi connectivity index (χ0n) is 14.7. The Labute approximate surface area is 146 Å². The summed E-state index contributed by atoms with van der Waals surface area (Å²) >= 11 is 0. The number of aromatic amines is 1. The first kappa shape index (κ1) is 17.1. The number of nitriles is 1. The number of hydrogen-bond donors (Lipinski definition) is 3. The molecule has 1 saturated heterocycles. The van der Waals surface area contributed by atoms with Crippen molar-refractivity contribution in [3.05, 3.63) is 24.4 Å². The minimum absolute atomic E-state index is 0.233. The van der Waals surface area contributed by atoms with E-state index in [2.05, 4.69) is 21.6 Å². The molecule has 1 amide bonds. The maximum atomic E-state index is 11.6. The molecular weight excluding hydrogens is 318 g/mol. The van der Waals surface area contributed by atoms with Crippen LogP contribution in [0.15, 0.2) is 24.4 Å². The summed E-state index contributed by atoms with van der Waals surface area (Å²) in [4.78, 5) is 13.1. The van der Waals surface area contributed by atoms with Crippen molar-refractivity contribution in [2.45, 2.75) is 45.2 Å². The standard InChI is InChI=1S/C18H23N5O2/c1-17(2,3)15-9-18(11-19,6-7-23(15)16(24)25)21-13-4-5-14-12(8-13)10-20-22-14/h4-5,8,10,15,21H,6-7,9H2,1-3H3,(H,20,22)(H,24,25). The van der Waals surface area contributed by atoms with E-state index in [-0.39, 0.29) is 11.5 Å². The number of aromatic nitrogens is 2. The van der Waals surface area contributed by atoms with Crippen LogP contribution >= 0.6 is 0 Å². The van der Waals surface area contributed by atoms with Crippen molar-refractivity contribution in [1.29, 1.82) is 5.26 Å². The summed E-state index contributed by atoms with van der Waals surface area (Å²) in [6.45, 7) is 6.38. The van der Waals surface area contributed by atoms with E-state index in [1.54, 1.807) is 6.20 Å². The Balaban J connectivity index is 1.89. The van der Waals surface area contributed by atoms with Crippen LogP contribution < -0.4 is 5.32 Å². The molecule has 7 heteroatoms. The highest BCUT2D eigenvalue weighted by Crippen LogP contribution is 2.38. The number of rotatable bonds is 2. The molecule has 1 fully saturated rings. The maximum Gasteiger partial charge on any atom is 0.407 e. The molecule has 0 aliphatic carbocycles. The fourth-order valence-electron chi connectivity index (χ4n) is 3.55. The quantitative estimate of drug-likeness (QED) is 0.776. The lowest BCUT2D eigenvalue weighted by molar-refractivity contribution is 0.0464. The highest BCUT2D eigenvalue weighted by Gasteiger charge is 2.46. The van der Waals surface area contributed by atoms with E-state index < -0.39 is 11.6 Å². The Hall–Kier alpha value is -2.75. The lowest BCUT2D eigenvalue weighted by Gasteiger charge is -2.48. The van der Waals surface area contributed by atoms with Crippen LogP contribution in [0.2, 0.25) is 0 Å². The summed E-state index contributed by atoms with van der Waals surface area (Å²) in [5, 5.41) is 30.6. The van der Waals surface area contributed by atoms with E-state index in [1.807, 2.05) is 39.0 Å². The minimum Gasteiger partial charge on any atom is -0.465 e. The van der Waals surface area contributed by atoms with Crippen LogP contribution in [-0.2, 0) is 0 Å². The predicted octanol–water partition coefficient (Wildman–Crippen LogP) is 3.43. The molecule has 2 heterocycles. The van der Waals surface area contributed by atoms with E-state index >= 15 is 0 Å². The number of likely N-dealkylation sites (tertiary alicyclic amines) is 1. The van der Waals surface area contributed by atoms with Gasteiger partial charge in [0.05, 0.1) is 17.8 Å². The number of anilines is 1. The molecule has 3 N–H and O–H groups in total. The first-order chi connectivity index (χ1) is 11.7. The highest BCUT2D eigenvalue weighted by atomic mass is 16.4. The summed E-state index contributed by atoms with van der Waals surface area (Å²) in [5.74, 6) is 0. The van der Waals surface area contributed by atoms with Gasteiger partial charge in [0.25, 0.3) is 0 Å². The third kappa shape index (κ3) is 3.25. The number of piperidine rings is 1. The van der Waals surface area contributed by atoms with Crippen molar-refractivity contribution < 1.29 is 9.90 Å². The van der Waals surface area contributed by atoms with Crippen molar-refractivity contribution in [2.24, 2.45) is 5.41 Å². The molecule has 0 radical (unpaired) electrons. The van der Waals surface area contributed by atoms with Gasteiger partial charge < -0.3 is 15.3 Å². The summed E-state index contributed by atoms with van der Waals surface area (Å²) < 4.78 is 0. The van der Waals surface area contributed by atoms with Crippen molar-refractivity contribution in [3.63, 3.8) is 0 Å². The zero-order valence-corrected chi connectivity index (χ0v) is 14.7. The maximum absolute atomic E-state index is 11.6. The molecule has 25 heavy (non-hydrogen) atoms. The second-order valence-electron chi connectivity index (χ2n) is 7.80. The van der Waals surface area contributed by atoms with E-state index in [0.717, 1.165) is 16.6 Å². The number of amides is 1. The van der Waals surface area contributed by atoms with Gasteiger partial charge >= 0.3 is 6.09 Å². The SMILES string of the molecule is CC(C)(C)C1CC(C#N)(Nc2ccc3[nH]ncc3c2)CCN1C(=O)O. The van der Waals surface area contributed by atoms with Gasteiger partial charge in [-0.1, -0.05) is 20.8 Å². The van der Waals surface area contributed by atoms with Crippen molar-refractivity contribution >= 4 is 22.7 Å². The van der Waals surface area contributed by atoms with Crippen LogP contribution in [0.25, 0.3) is 10.9 Å². The average Bonchev–Trinajstić information content (AvgIpc) is 3.01. The highest BCUT2D eigenvalue weighted by molar-refractivity contribution is 5.82. The number of nitrogens with one attached hydrogen (secondary N) is 2. The molecule has 3 rings (SSSR count). The van der Waals surface area contributed by atoms with Gasteiger partial charge in [-0.15, -0.1) is 0 Å². The van der Waals surface area contributed by atoms with Crippen molar-refractivity contribution in [3.8, 4) is 6.07 Å². The summed E-state index contributed by atoms with van der Waals surface area (Å²) in [7, 11) is 0. The molecular formula is C18H23N5O2. The molecule has 1 aromatic heterocycles. The van der Waals surface area contributed by atoms with Crippen LogP contribution in [0.4, 0.5) is 10.5 Å². The Morgan fingerprint density at radius 2 is 2.28 bits per heavy atom. The van der Waals surface area contributed by atoms with Crippen LogP contribution in [-0.4, -0.2) is 44.4 Å². The van der Waals surface area contributed by atoms with Crippen LogP contribution in [0.1, 0.15) is 33.6 Å². The lowest BCUT2D eigenvalue weighted by Crippen LogP contribution is -2.58. The molecule has 1 aliphatic rings. The van der Waals surface area contributed by atoms with Gasteiger partial charge in [0.1, 0.15) is 5.54 Å². The van der Waals surface area contributed by atoms with E-state index in [1.165, 1.54) is 4.90 Å². The molecule has 132 valence electrons. The van der Waals surface area contributed by atoms with Gasteiger partial charge in [-0.3, -0.25) is 5.10 Å². The summed E-state index contributed by atoms with van der Waals surface area (Å²) in [5.41, 5.74) is 0.731. The smallest absolute Gasteiger partial charge is 0.407 e. The first-order valence-corrected chi connectivity index (χ1v) is 8.36. The second kappa shape index (κ2) is 5.96. The van der Waals surface area contributed by atoms with Gasteiger partial charge in [-0.05, 0) is 23.6 Å². The molecule has 0 spiro atoms. The third-order valence-electron chi connectivity index (χ3n) is 4.98. The monoisotopic (exact) mass is 341 g/mol. The van der Waals surface area contributed by atoms with Gasteiger partial charge in [-0.25, -0.2) is 4.79 Å². The lowest BCUT2D eigenvalue weighted by atomic mass is 9.74. The Kier molecular flexibility index (Phi) is 4.07. The van der Waals surface area contributed by atoms with Gasteiger partial charge in [0.15, 0.2) is 0 Å². The molecule has 1 aromatic carbocycles. The fraction of sp³-hybridized carbons (Fsp3) is 0.500. The Morgan fingerprint density at radius 3 is 2.92 bits per heavy atom. The number of nitrogens with zero attached hydrogens (tertiary/aromatic N) is 3. The van der Waals surface area contributed by atoms with Gasteiger partial charge in [0, 0.05) is 36.5 Å². The van der Waals surface area contributed by atoms with E-state index in [9.17, 15) is 15.2 Å². The van der Waals surface area contributed by atoms with Gasteiger partial charge in [-0.2, -0.15) is 10.4 Å². The number of fused-ring (bicyclic) bond motifs is 1. The normalized spacial score (nSPS) is 24.1. The summed E-state index contributed by atoms with van der Waals surface area (Å²) in [6, 6.07) is 7.97. The van der Waals surface area contributed by atoms with Crippen LogP contribution in [0.3, 0.4) is 0 Å². The second-order valence-corrected chi connectivity index (χ2v) is 7.80. The Bertz CT molecular complexity index is 832. The zero-order chi connectivity index (χ0) is 18.2. The predicted molar refractivity (Wildman–Crippen MR) is 95.3 cm³/mol.